The van der Waals surface area contributed by atoms with Gasteiger partial charge in [-0.05, 0) is 35.2 Å². The average molecular weight is 348 g/mol. The van der Waals surface area contributed by atoms with Gasteiger partial charge in [-0.25, -0.2) is 13.4 Å². The van der Waals surface area contributed by atoms with Gasteiger partial charge in [0, 0.05) is 12.5 Å². The van der Waals surface area contributed by atoms with Crippen LogP contribution in [0.1, 0.15) is 26.3 Å². The van der Waals surface area contributed by atoms with E-state index in [0.717, 1.165) is 5.75 Å². The first kappa shape index (κ1) is 18.3. The van der Waals surface area contributed by atoms with Crippen molar-refractivity contribution in [3.63, 3.8) is 0 Å². The third-order valence-electron chi connectivity index (χ3n) is 3.53. The molecule has 1 heterocycles. The van der Waals surface area contributed by atoms with E-state index in [9.17, 15) is 8.42 Å². The number of ether oxygens (including phenoxy) is 1. The van der Waals surface area contributed by atoms with Crippen molar-refractivity contribution in [1.29, 1.82) is 0 Å². The van der Waals surface area contributed by atoms with Gasteiger partial charge in [0.15, 0.2) is 9.84 Å². The minimum Gasteiger partial charge on any atom is -0.492 e. The smallest absolute Gasteiger partial charge is 0.179 e. The molecule has 0 bridgehead atoms. The molecular weight excluding hydrogens is 324 g/mol. The van der Waals surface area contributed by atoms with Gasteiger partial charge in [0.2, 0.25) is 0 Å². The topological polar surface area (TPSA) is 68.3 Å². The van der Waals surface area contributed by atoms with Gasteiger partial charge >= 0.3 is 0 Å². The Labute approximate surface area is 144 Å². The number of rotatable bonds is 6. The highest BCUT2D eigenvalue weighted by atomic mass is 32.2. The number of hydrogen-bond donors (Lipinski definition) is 1. The van der Waals surface area contributed by atoms with Crippen LogP contribution in [0.2, 0.25) is 0 Å². The summed E-state index contributed by atoms with van der Waals surface area (Å²) in [6, 6.07) is 11.1. The zero-order valence-electron chi connectivity index (χ0n) is 14.5. The highest BCUT2D eigenvalue weighted by Gasteiger charge is 2.15. The van der Waals surface area contributed by atoms with E-state index in [0.29, 0.717) is 19.0 Å². The SMILES string of the molecule is CC(C)(C)c1cccc(OCCNc2ncccc2S(C)(=O)=O)c1. The van der Waals surface area contributed by atoms with E-state index in [2.05, 4.69) is 37.1 Å². The van der Waals surface area contributed by atoms with Crippen molar-refractivity contribution in [1.82, 2.24) is 4.98 Å². The van der Waals surface area contributed by atoms with Gasteiger partial charge in [-0.2, -0.15) is 0 Å². The number of anilines is 1. The minimum absolute atomic E-state index is 0.0654. The molecule has 0 aliphatic heterocycles. The second kappa shape index (κ2) is 7.21. The predicted octanol–water partition coefficient (Wildman–Crippen LogP) is 3.27. The number of aromatic nitrogens is 1. The van der Waals surface area contributed by atoms with Crippen molar-refractivity contribution < 1.29 is 13.2 Å². The highest BCUT2D eigenvalue weighted by molar-refractivity contribution is 7.90. The van der Waals surface area contributed by atoms with E-state index >= 15 is 0 Å². The molecule has 2 aromatic rings. The Morgan fingerprint density at radius 3 is 2.58 bits per heavy atom. The second-order valence-corrected chi connectivity index (χ2v) is 8.66. The van der Waals surface area contributed by atoms with E-state index in [1.807, 2.05) is 18.2 Å². The van der Waals surface area contributed by atoms with Crippen LogP contribution in [0.3, 0.4) is 0 Å². The lowest BCUT2D eigenvalue weighted by molar-refractivity contribution is 0.331. The maximum absolute atomic E-state index is 11.7. The first-order chi connectivity index (χ1) is 11.2. The summed E-state index contributed by atoms with van der Waals surface area (Å²) in [4.78, 5) is 4.28. The molecule has 1 aromatic carbocycles. The van der Waals surface area contributed by atoms with Crippen LogP contribution in [-0.2, 0) is 15.3 Å². The average Bonchev–Trinajstić information content (AvgIpc) is 2.50. The van der Waals surface area contributed by atoms with Crippen molar-refractivity contribution >= 4 is 15.7 Å². The van der Waals surface area contributed by atoms with Crippen LogP contribution < -0.4 is 10.1 Å². The van der Waals surface area contributed by atoms with Crippen LogP contribution in [-0.4, -0.2) is 32.8 Å². The monoisotopic (exact) mass is 348 g/mol. The summed E-state index contributed by atoms with van der Waals surface area (Å²) in [6.07, 6.45) is 2.73. The molecule has 2 rings (SSSR count). The summed E-state index contributed by atoms with van der Waals surface area (Å²) in [5.41, 5.74) is 1.27. The fourth-order valence-corrected chi connectivity index (χ4v) is 3.02. The first-order valence-electron chi connectivity index (χ1n) is 7.80. The first-order valence-corrected chi connectivity index (χ1v) is 9.69. The van der Waals surface area contributed by atoms with Gasteiger partial charge in [0.1, 0.15) is 23.1 Å². The molecule has 24 heavy (non-hydrogen) atoms. The van der Waals surface area contributed by atoms with Gasteiger partial charge in [0.05, 0.1) is 6.54 Å². The molecule has 0 saturated carbocycles. The number of benzene rings is 1. The summed E-state index contributed by atoms with van der Waals surface area (Å²) < 4.78 is 29.2. The zero-order chi connectivity index (χ0) is 17.8. The largest absolute Gasteiger partial charge is 0.492 e. The summed E-state index contributed by atoms with van der Waals surface area (Å²) in [7, 11) is -3.31. The molecule has 1 N–H and O–H groups in total. The third-order valence-corrected chi connectivity index (χ3v) is 4.66. The lowest BCUT2D eigenvalue weighted by Crippen LogP contribution is -2.15. The maximum atomic E-state index is 11.7. The van der Waals surface area contributed by atoms with E-state index < -0.39 is 9.84 Å². The van der Waals surface area contributed by atoms with Crippen LogP contribution in [0.4, 0.5) is 5.82 Å². The second-order valence-electron chi connectivity index (χ2n) is 6.68. The van der Waals surface area contributed by atoms with Gasteiger partial charge in [-0.15, -0.1) is 0 Å². The standard InChI is InChI=1S/C18H24N2O3S/c1-18(2,3)14-7-5-8-15(13-14)23-12-11-20-17-16(24(4,21)22)9-6-10-19-17/h5-10,13H,11-12H2,1-4H3,(H,19,20). The van der Waals surface area contributed by atoms with Crippen molar-refractivity contribution in [3.05, 3.63) is 48.2 Å². The van der Waals surface area contributed by atoms with Crippen molar-refractivity contribution in [2.75, 3.05) is 24.7 Å². The quantitative estimate of drug-likeness (QED) is 0.812. The Morgan fingerprint density at radius 1 is 1.17 bits per heavy atom. The molecule has 0 atom stereocenters. The number of nitrogens with one attached hydrogen (secondary N) is 1. The summed E-state index contributed by atoms with van der Waals surface area (Å²) in [5, 5.41) is 3.02. The fourth-order valence-electron chi connectivity index (χ4n) is 2.21. The van der Waals surface area contributed by atoms with Crippen molar-refractivity contribution in [2.45, 2.75) is 31.1 Å². The molecule has 0 amide bonds. The molecule has 0 spiro atoms. The number of pyridine rings is 1. The van der Waals surface area contributed by atoms with Gasteiger partial charge < -0.3 is 10.1 Å². The van der Waals surface area contributed by atoms with Crippen LogP contribution in [0.5, 0.6) is 5.75 Å². The van der Waals surface area contributed by atoms with Crippen molar-refractivity contribution in [3.8, 4) is 5.75 Å². The molecule has 0 fully saturated rings. The van der Waals surface area contributed by atoms with Gasteiger partial charge in [0.25, 0.3) is 0 Å². The number of nitrogens with zero attached hydrogens (tertiary/aromatic N) is 1. The third kappa shape index (κ3) is 4.96. The molecule has 0 aliphatic carbocycles. The molecule has 6 heteroatoms. The predicted molar refractivity (Wildman–Crippen MR) is 96.5 cm³/mol. The van der Waals surface area contributed by atoms with E-state index in [4.69, 9.17) is 4.74 Å². The van der Waals surface area contributed by atoms with Crippen LogP contribution in [0, 0.1) is 0 Å². The minimum atomic E-state index is -3.31. The van der Waals surface area contributed by atoms with Gasteiger partial charge in [-0.1, -0.05) is 32.9 Å². The Hall–Kier alpha value is -2.08. The maximum Gasteiger partial charge on any atom is 0.179 e. The van der Waals surface area contributed by atoms with E-state index in [1.165, 1.54) is 11.8 Å². The zero-order valence-corrected chi connectivity index (χ0v) is 15.4. The number of sulfone groups is 1. The summed E-state index contributed by atoms with van der Waals surface area (Å²) in [6.45, 7) is 7.33. The summed E-state index contributed by atoms with van der Waals surface area (Å²) in [5.74, 6) is 1.15. The summed E-state index contributed by atoms with van der Waals surface area (Å²) >= 11 is 0. The number of hydrogen-bond acceptors (Lipinski definition) is 5. The molecule has 0 aliphatic rings. The molecule has 1 aromatic heterocycles. The van der Waals surface area contributed by atoms with Crippen molar-refractivity contribution in [2.24, 2.45) is 0 Å². The van der Waals surface area contributed by atoms with Crippen LogP contribution in [0.15, 0.2) is 47.5 Å². The Morgan fingerprint density at radius 2 is 1.92 bits per heavy atom. The molecule has 130 valence electrons. The van der Waals surface area contributed by atoms with Crippen LogP contribution >= 0.6 is 0 Å². The van der Waals surface area contributed by atoms with Crippen LogP contribution in [0.25, 0.3) is 0 Å². The lowest BCUT2D eigenvalue weighted by Gasteiger charge is -2.19. The highest BCUT2D eigenvalue weighted by Crippen LogP contribution is 2.25. The molecule has 0 unspecified atom stereocenters. The lowest BCUT2D eigenvalue weighted by atomic mass is 9.87. The Bertz CT molecular complexity index is 796. The van der Waals surface area contributed by atoms with E-state index in [-0.39, 0.29) is 10.3 Å². The fraction of sp³-hybridized carbons (Fsp3) is 0.389. The van der Waals surface area contributed by atoms with E-state index in [1.54, 1.807) is 18.3 Å². The normalized spacial score (nSPS) is 12.0. The Balaban J connectivity index is 1.95. The molecular formula is C18H24N2O3S. The Kier molecular flexibility index (Phi) is 5.49. The molecule has 5 nitrogen and oxygen atoms in total. The van der Waals surface area contributed by atoms with Gasteiger partial charge in [-0.3, -0.25) is 0 Å². The molecule has 0 radical (unpaired) electrons. The molecule has 0 saturated heterocycles.